The van der Waals surface area contributed by atoms with Crippen molar-refractivity contribution in [3.05, 3.63) is 35.9 Å². The molecule has 0 heterocycles. The molecule has 1 aromatic carbocycles. The Morgan fingerprint density at radius 2 is 1.88 bits per heavy atom. The SMILES string of the molecule is CC(=O)/C=C/c1ccc(OS(=O)(=O)O)cc1. The van der Waals surface area contributed by atoms with E-state index in [9.17, 15) is 13.2 Å². The summed E-state index contributed by atoms with van der Waals surface area (Å²) in [6.45, 7) is 1.42. The van der Waals surface area contributed by atoms with Gasteiger partial charge in [0.1, 0.15) is 5.75 Å². The van der Waals surface area contributed by atoms with Gasteiger partial charge in [-0.3, -0.25) is 9.35 Å². The Morgan fingerprint density at radius 3 is 2.31 bits per heavy atom. The van der Waals surface area contributed by atoms with Crippen LogP contribution in [0.25, 0.3) is 6.08 Å². The van der Waals surface area contributed by atoms with E-state index in [2.05, 4.69) is 4.18 Å². The molecular formula is C10H10O5S. The topological polar surface area (TPSA) is 80.7 Å². The molecule has 0 amide bonds. The van der Waals surface area contributed by atoms with Gasteiger partial charge < -0.3 is 4.18 Å². The summed E-state index contributed by atoms with van der Waals surface area (Å²) >= 11 is 0. The minimum atomic E-state index is -4.49. The minimum Gasteiger partial charge on any atom is -0.362 e. The molecule has 0 radical (unpaired) electrons. The third kappa shape index (κ3) is 4.72. The van der Waals surface area contributed by atoms with Gasteiger partial charge in [-0.05, 0) is 30.7 Å². The smallest absolute Gasteiger partial charge is 0.362 e. The van der Waals surface area contributed by atoms with E-state index in [-0.39, 0.29) is 11.5 Å². The summed E-state index contributed by atoms with van der Waals surface area (Å²) in [5, 5.41) is 0. The van der Waals surface area contributed by atoms with E-state index in [4.69, 9.17) is 4.55 Å². The molecule has 6 heteroatoms. The molecule has 1 rings (SSSR count). The maximum absolute atomic E-state index is 10.6. The zero-order chi connectivity index (χ0) is 12.2. The standard InChI is InChI=1S/C10H10O5S/c1-8(11)2-3-9-4-6-10(7-5-9)15-16(12,13)14/h2-7H,1H3,(H,12,13,14)/b3-2+. The van der Waals surface area contributed by atoms with Crippen LogP contribution in [0.3, 0.4) is 0 Å². The Kier molecular flexibility index (Phi) is 3.81. The van der Waals surface area contributed by atoms with Gasteiger partial charge in [0.05, 0.1) is 0 Å². The van der Waals surface area contributed by atoms with Gasteiger partial charge in [0.15, 0.2) is 5.78 Å². The number of hydrogen-bond acceptors (Lipinski definition) is 4. The molecule has 0 atom stereocenters. The highest BCUT2D eigenvalue weighted by Gasteiger charge is 2.05. The molecule has 0 aliphatic rings. The molecule has 86 valence electrons. The molecule has 0 fully saturated rings. The maximum atomic E-state index is 10.6. The van der Waals surface area contributed by atoms with E-state index in [0.29, 0.717) is 0 Å². The number of hydrogen-bond donors (Lipinski definition) is 1. The Balaban J connectivity index is 2.79. The fraction of sp³-hybridized carbons (Fsp3) is 0.100. The molecular weight excluding hydrogens is 232 g/mol. The average Bonchev–Trinajstić information content (AvgIpc) is 2.14. The second-order valence-electron chi connectivity index (χ2n) is 3.02. The number of allylic oxidation sites excluding steroid dienone is 1. The van der Waals surface area contributed by atoms with E-state index in [1.807, 2.05) is 0 Å². The highest BCUT2D eigenvalue weighted by Crippen LogP contribution is 2.14. The Labute approximate surface area is 93.3 Å². The van der Waals surface area contributed by atoms with Crippen LogP contribution in [0, 0.1) is 0 Å². The van der Waals surface area contributed by atoms with E-state index >= 15 is 0 Å². The summed E-state index contributed by atoms with van der Waals surface area (Å²) in [4.78, 5) is 10.6. The van der Waals surface area contributed by atoms with E-state index in [1.54, 1.807) is 18.2 Å². The molecule has 5 nitrogen and oxygen atoms in total. The number of carbonyl (C=O) groups excluding carboxylic acids is 1. The first-order valence-electron chi connectivity index (χ1n) is 4.32. The van der Waals surface area contributed by atoms with Crippen molar-refractivity contribution >= 4 is 22.3 Å². The molecule has 1 N–H and O–H groups in total. The van der Waals surface area contributed by atoms with Crippen molar-refractivity contribution in [1.29, 1.82) is 0 Å². The quantitative estimate of drug-likeness (QED) is 0.638. The van der Waals surface area contributed by atoms with Gasteiger partial charge in [-0.2, -0.15) is 8.42 Å². The summed E-state index contributed by atoms with van der Waals surface area (Å²) in [6.07, 6.45) is 2.97. The number of carbonyl (C=O) groups is 1. The highest BCUT2D eigenvalue weighted by atomic mass is 32.3. The summed E-state index contributed by atoms with van der Waals surface area (Å²) in [7, 11) is -4.49. The fourth-order valence-corrected chi connectivity index (χ4v) is 1.32. The third-order valence-electron chi connectivity index (χ3n) is 1.59. The molecule has 16 heavy (non-hydrogen) atoms. The average molecular weight is 242 g/mol. The van der Waals surface area contributed by atoms with Crippen molar-refractivity contribution in [2.75, 3.05) is 0 Å². The number of benzene rings is 1. The molecule has 0 saturated heterocycles. The molecule has 0 saturated carbocycles. The first-order valence-corrected chi connectivity index (χ1v) is 5.69. The van der Waals surface area contributed by atoms with Crippen LogP contribution in [0.1, 0.15) is 12.5 Å². The highest BCUT2D eigenvalue weighted by molar-refractivity contribution is 7.81. The Bertz CT molecular complexity index is 499. The summed E-state index contributed by atoms with van der Waals surface area (Å²) in [6, 6.07) is 5.85. The van der Waals surface area contributed by atoms with Gasteiger partial charge in [-0.15, -0.1) is 0 Å². The first kappa shape index (κ1) is 12.4. The van der Waals surface area contributed by atoms with E-state index < -0.39 is 10.4 Å². The van der Waals surface area contributed by atoms with Crippen molar-refractivity contribution in [2.45, 2.75) is 6.92 Å². The van der Waals surface area contributed by atoms with Crippen LogP contribution in [-0.2, 0) is 15.2 Å². The minimum absolute atomic E-state index is 0.00229. The lowest BCUT2D eigenvalue weighted by Gasteiger charge is -2.00. The largest absolute Gasteiger partial charge is 0.446 e. The van der Waals surface area contributed by atoms with Crippen molar-refractivity contribution in [3.63, 3.8) is 0 Å². The summed E-state index contributed by atoms with van der Waals surface area (Å²) in [5.41, 5.74) is 0.720. The maximum Gasteiger partial charge on any atom is 0.446 e. The second-order valence-corrected chi connectivity index (χ2v) is 4.05. The second kappa shape index (κ2) is 4.91. The normalized spacial score (nSPS) is 11.6. The molecule has 0 aromatic heterocycles. The lowest BCUT2D eigenvalue weighted by molar-refractivity contribution is -0.112. The monoisotopic (exact) mass is 242 g/mol. The van der Waals surface area contributed by atoms with Crippen LogP contribution in [0.4, 0.5) is 0 Å². The lowest BCUT2D eigenvalue weighted by atomic mass is 10.2. The molecule has 0 aliphatic carbocycles. The first-order chi connectivity index (χ1) is 7.37. The molecule has 0 aliphatic heterocycles. The summed E-state index contributed by atoms with van der Waals surface area (Å²) in [5.74, 6) is -0.0827. The number of ketones is 1. The van der Waals surface area contributed by atoms with Gasteiger partial charge in [0, 0.05) is 0 Å². The lowest BCUT2D eigenvalue weighted by Crippen LogP contribution is -2.06. The van der Waals surface area contributed by atoms with Gasteiger partial charge >= 0.3 is 10.4 Å². The van der Waals surface area contributed by atoms with Crippen molar-refractivity contribution < 1.29 is 21.9 Å². The Morgan fingerprint density at radius 1 is 1.31 bits per heavy atom. The van der Waals surface area contributed by atoms with Crippen LogP contribution in [-0.4, -0.2) is 18.8 Å². The van der Waals surface area contributed by atoms with Gasteiger partial charge in [-0.25, -0.2) is 0 Å². The van der Waals surface area contributed by atoms with E-state index in [0.717, 1.165) is 5.56 Å². The Hall–Kier alpha value is -1.66. The number of rotatable bonds is 4. The zero-order valence-corrected chi connectivity index (χ0v) is 9.27. The van der Waals surface area contributed by atoms with Crippen LogP contribution >= 0.6 is 0 Å². The molecule has 0 bridgehead atoms. The van der Waals surface area contributed by atoms with Gasteiger partial charge in [0.25, 0.3) is 0 Å². The van der Waals surface area contributed by atoms with Crippen molar-refractivity contribution in [1.82, 2.24) is 0 Å². The predicted molar refractivity (Wildman–Crippen MR) is 58.3 cm³/mol. The van der Waals surface area contributed by atoms with Crippen molar-refractivity contribution in [2.24, 2.45) is 0 Å². The van der Waals surface area contributed by atoms with Gasteiger partial charge in [0.2, 0.25) is 0 Å². The molecule has 1 aromatic rings. The van der Waals surface area contributed by atoms with Crippen molar-refractivity contribution in [3.8, 4) is 5.75 Å². The zero-order valence-electron chi connectivity index (χ0n) is 8.45. The predicted octanol–water partition coefficient (Wildman–Crippen LogP) is 1.47. The molecule has 0 spiro atoms. The van der Waals surface area contributed by atoms with Crippen LogP contribution in [0.15, 0.2) is 30.3 Å². The third-order valence-corrected chi connectivity index (χ3v) is 2.00. The van der Waals surface area contributed by atoms with E-state index in [1.165, 1.54) is 25.1 Å². The van der Waals surface area contributed by atoms with Crippen LogP contribution in [0.2, 0.25) is 0 Å². The fourth-order valence-electron chi connectivity index (χ4n) is 0.970. The molecule has 0 unspecified atom stereocenters. The summed E-state index contributed by atoms with van der Waals surface area (Å²) < 4.78 is 33.4. The van der Waals surface area contributed by atoms with Gasteiger partial charge in [-0.1, -0.05) is 18.2 Å². The van der Waals surface area contributed by atoms with Crippen LogP contribution < -0.4 is 4.18 Å². The van der Waals surface area contributed by atoms with Crippen LogP contribution in [0.5, 0.6) is 5.75 Å².